The SMILES string of the molecule is Cc1cc(NCCc2ccccc2F)nc(NCc2ccccc2F)n1. The molecule has 3 rings (SSSR count). The van der Waals surface area contributed by atoms with Crippen molar-refractivity contribution in [3.8, 4) is 0 Å². The summed E-state index contributed by atoms with van der Waals surface area (Å²) in [6.07, 6.45) is 0.549. The fourth-order valence-electron chi connectivity index (χ4n) is 2.58. The first kappa shape index (κ1) is 17.8. The molecule has 26 heavy (non-hydrogen) atoms. The molecule has 0 unspecified atom stereocenters. The molecule has 0 radical (unpaired) electrons. The van der Waals surface area contributed by atoms with Gasteiger partial charge in [0.15, 0.2) is 0 Å². The van der Waals surface area contributed by atoms with Crippen LogP contribution in [0.1, 0.15) is 16.8 Å². The van der Waals surface area contributed by atoms with Gasteiger partial charge in [0.25, 0.3) is 0 Å². The van der Waals surface area contributed by atoms with Gasteiger partial charge in [0.05, 0.1) is 0 Å². The van der Waals surface area contributed by atoms with Crippen molar-refractivity contribution in [3.05, 3.63) is 83.1 Å². The lowest BCUT2D eigenvalue weighted by atomic mass is 10.1. The molecule has 2 aromatic carbocycles. The molecule has 2 N–H and O–H groups in total. The number of nitrogens with one attached hydrogen (secondary N) is 2. The van der Waals surface area contributed by atoms with E-state index < -0.39 is 0 Å². The molecule has 0 saturated heterocycles. The molecule has 0 spiro atoms. The molecule has 1 aromatic heterocycles. The summed E-state index contributed by atoms with van der Waals surface area (Å²) in [4.78, 5) is 8.70. The van der Waals surface area contributed by atoms with Crippen LogP contribution in [0.3, 0.4) is 0 Å². The number of rotatable bonds is 7. The fourth-order valence-corrected chi connectivity index (χ4v) is 2.58. The summed E-state index contributed by atoms with van der Waals surface area (Å²) in [6.45, 7) is 2.70. The van der Waals surface area contributed by atoms with E-state index in [0.717, 1.165) is 5.69 Å². The maximum absolute atomic E-state index is 13.7. The average Bonchev–Trinajstić information content (AvgIpc) is 2.62. The lowest BCUT2D eigenvalue weighted by Crippen LogP contribution is -2.11. The normalized spacial score (nSPS) is 10.6. The van der Waals surface area contributed by atoms with Gasteiger partial charge in [0.1, 0.15) is 17.5 Å². The quantitative estimate of drug-likeness (QED) is 0.663. The summed E-state index contributed by atoms with van der Waals surface area (Å²) in [5.74, 6) is 0.586. The third kappa shape index (κ3) is 4.75. The Hall–Kier alpha value is -3.02. The maximum atomic E-state index is 13.7. The lowest BCUT2D eigenvalue weighted by Gasteiger charge is -2.10. The van der Waals surface area contributed by atoms with Crippen LogP contribution in [0.5, 0.6) is 0 Å². The molecule has 1 heterocycles. The molecule has 0 saturated carbocycles. The third-order valence-electron chi connectivity index (χ3n) is 3.91. The average molecular weight is 354 g/mol. The molecular formula is C20H20F2N4. The van der Waals surface area contributed by atoms with Gasteiger partial charge in [-0.2, -0.15) is 4.98 Å². The minimum Gasteiger partial charge on any atom is -0.370 e. The first-order chi connectivity index (χ1) is 12.6. The Morgan fingerprint density at radius 1 is 0.846 bits per heavy atom. The van der Waals surface area contributed by atoms with Gasteiger partial charge >= 0.3 is 0 Å². The Balaban J connectivity index is 1.60. The predicted octanol–water partition coefficient (Wildman–Crippen LogP) is 4.33. The Kier molecular flexibility index (Phi) is 5.73. The minimum absolute atomic E-state index is 0.208. The number of nitrogens with zero attached hydrogens (tertiary/aromatic N) is 2. The van der Waals surface area contributed by atoms with Crippen molar-refractivity contribution in [1.29, 1.82) is 0 Å². The summed E-state index contributed by atoms with van der Waals surface area (Å²) in [5.41, 5.74) is 1.99. The van der Waals surface area contributed by atoms with E-state index in [0.29, 0.717) is 42.4 Å². The van der Waals surface area contributed by atoms with Gasteiger partial charge in [-0.25, -0.2) is 13.8 Å². The minimum atomic E-state index is -0.268. The second kappa shape index (κ2) is 8.38. The number of hydrogen-bond acceptors (Lipinski definition) is 4. The standard InChI is InChI=1S/C20H20F2N4/c1-14-12-19(23-11-10-15-6-2-4-8-17(15)21)26-20(25-14)24-13-16-7-3-5-9-18(16)22/h2-9,12H,10-11,13H2,1H3,(H2,23,24,25,26). The third-order valence-corrected chi connectivity index (χ3v) is 3.91. The molecule has 4 nitrogen and oxygen atoms in total. The van der Waals surface area contributed by atoms with Gasteiger partial charge < -0.3 is 10.6 Å². The van der Waals surface area contributed by atoms with Crippen LogP contribution in [0.25, 0.3) is 0 Å². The molecule has 6 heteroatoms. The van der Waals surface area contributed by atoms with Crippen molar-refractivity contribution < 1.29 is 8.78 Å². The summed E-state index contributed by atoms with van der Waals surface area (Å²) in [7, 11) is 0. The van der Waals surface area contributed by atoms with Crippen LogP contribution in [-0.4, -0.2) is 16.5 Å². The zero-order valence-corrected chi connectivity index (χ0v) is 14.5. The van der Waals surface area contributed by atoms with Crippen molar-refractivity contribution >= 4 is 11.8 Å². The van der Waals surface area contributed by atoms with Crippen molar-refractivity contribution in [1.82, 2.24) is 9.97 Å². The Labute approximate surface area is 151 Å². The van der Waals surface area contributed by atoms with Gasteiger partial charge in [-0.15, -0.1) is 0 Å². The number of hydrogen-bond donors (Lipinski definition) is 2. The van der Waals surface area contributed by atoms with Gasteiger partial charge in [-0.3, -0.25) is 0 Å². The molecule has 3 aromatic rings. The highest BCUT2D eigenvalue weighted by Crippen LogP contribution is 2.13. The summed E-state index contributed by atoms with van der Waals surface area (Å²) < 4.78 is 27.3. The second-order valence-corrected chi connectivity index (χ2v) is 5.93. The number of aromatic nitrogens is 2. The molecule has 0 atom stereocenters. The van der Waals surface area contributed by atoms with Crippen molar-refractivity contribution in [2.24, 2.45) is 0 Å². The van der Waals surface area contributed by atoms with Crippen molar-refractivity contribution in [2.75, 3.05) is 17.2 Å². The van der Waals surface area contributed by atoms with E-state index in [1.165, 1.54) is 12.1 Å². The highest BCUT2D eigenvalue weighted by molar-refractivity contribution is 5.42. The van der Waals surface area contributed by atoms with Crippen LogP contribution < -0.4 is 10.6 Å². The summed E-state index contributed by atoms with van der Waals surface area (Å²) >= 11 is 0. The largest absolute Gasteiger partial charge is 0.370 e. The smallest absolute Gasteiger partial charge is 0.225 e. The van der Waals surface area contributed by atoms with Crippen LogP contribution in [0, 0.1) is 18.6 Å². The van der Waals surface area contributed by atoms with E-state index in [4.69, 9.17) is 0 Å². The highest BCUT2D eigenvalue weighted by atomic mass is 19.1. The van der Waals surface area contributed by atoms with E-state index in [9.17, 15) is 8.78 Å². The first-order valence-corrected chi connectivity index (χ1v) is 8.42. The van der Waals surface area contributed by atoms with Gasteiger partial charge in [-0.05, 0) is 31.0 Å². The molecule has 0 aliphatic rings. The molecule has 0 aliphatic carbocycles. The van der Waals surface area contributed by atoms with Crippen LogP contribution >= 0.6 is 0 Å². The Morgan fingerprint density at radius 2 is 1.50 bits per heavy atom. The Bertz CT molecular complexity index is 883. The molecule has 0 bridgehead atoms. The van der Waals surface area contributed by atoms with Crippen molar-refractivity contribution in [2.45, 2.75) is 19.9 Å². The molecular weight excluding hydrogens is 334 g/mol. The molecule has 0 aliphatic heterocycles. The van der Waals surface area contributed by atoms with Gasteiger partial charge in [0.2, 0.25) is 5.95 Å². The van der Waals surface area contributed by atoms with Gasteiger partial charge in [-0.1, -0.05) is 36.4 Å². The summed E-state index contributed by atoms with van der Waals surface area (Å²) in [5, 5.41) is 6.22. The van der Waals surface area contributed by atoms with E-state index in [1.807, 2.05) is 19.1 Å². The van der Waals surface area contributed by atoms with Crippen LogP contribution in [0.15, 0.2) is 54.6 Å². The molecule has 0 amide bonds. The maximum Gasteiger partial charge on any atom is 0.225 e. The Morgan fingerprint density at radius 3 is 2.19 bits per heavy atom. The van der Waals surface area contributed by atoms with E-state index >= 15 is 0 Å². The zero-order valence-electron chi connectivity index (χ0n) is 14.5. The van der Waals surface area contributed by atoms with Crippen LogP contribution in [0.4, 0.5) is 20.5 Å². The molecule has 134 valence electrons. The van der Waals surface area contributed by atoms with Gasteiger partial charge in [0, 0.05) is 30.4 Å². The highest BCUT2D eigenvalue weighted by Gasteiger charge is 2.05. The van der Waals surface area contributed by atoms with Crippen LogP contribution in [-0.2, 0) is 13.0 Å². The van der Waals surface area contributed by atoms with Crippen molar-refractivity contribution in [3.63, 3.8) is 0 Å². The topological polar surface area (TPSA) is 49.8 Å². The number of halogens is 2. The lowest BCUT2D eigenvalue weighted by molar-refractivity contribution is 0.610. The van der Waals surface area contributed by atoms with E-state index in [1.54, 1.807) is 30.3 Å². The van der Waals surface area contributed by atoms with E-state index in [2.05, 4.69) is 20.6 Å². The molecule has 0 fully saturated rings. The fraction of sp³-hybridized carbons (Fsp3) is 0.200. The second-order valence-electron chi connectivity index (χ2n) is 5.93. The van der Waals surface area contributed by atoms with Crippen LogP contribution in [0.2, 0.25) is 0 Å². The monoisotopic (exact) mass is 354 g/mol. The van der Waals surface area contributed by atoms with E-state index in [-0.39, 0.29) is 11.6 Å². The first-order valence-electron chi connectivity index (χ1n) is 8.42. The zero-order chi connectivity index (χ0) is 18.4. The number of anilines is 2. The summed E-state index contributed by atoms with van der Waals surface area (Å²) in [6, 6.07) is 15.1. The predicted molar refractivity (Wildman–Crippen MR) is 99.1 cm³/mol. The number of aryl methyl sites for hydroxylation is 1. The number of benzene rings is 2.